The van der Waals surface area contributed by atoms with Crippen molar-refractivity contribution < 1.29 is 0 Å². The molecule has 0 atom stereocenters. The smallest absolute Gasteiger partial charge is 0.164 e. The number of hydrogen-bond donors (Lipinski definition) is 0. The highest BCUT2D eigenvalue weighted by Gasteiger charge is 2.17. The lowest BCUT2D eigenvalue weighted by molar-refractivity contribution is 1.08. The van der Waals surface area contributed by atoms with Crippen molar-refractivity contribution in [2.24, 2.45) is 0 Å². The molecule has 50 heavy (non-hydrogen) atoms. The Hall–Kier alpha value is -6.71. The third-order valence-electron chi connectivity index (χ3n) is 9.88. The summed E-state index contributed by atoms with van der Waals surface area (Å²) >= 11 is 0. The summed E-state index contributed by atoms with van der Waals surface area (Å²) in [4.78, 5) is 15.1. The van der Waals surface area contributed by atoms with Crippen molar-refractivity contribution in [1.82, 2.24) is 15.0 Å². The average molecular weight is 636 g/mol. The molecule has 0 saturated carbocycles. The lowest BCUT2D eigenvalue weighted by Gasteiger charge is -2.14. The summed E-state index contributed by atoms with van der Waals surface area (Å²) < 4.78 is 0. The number of aromatic nitrogens is 3. The van der Waals surface area contributed by atoms with Crippen molar-refractivity contribution in [3.8, 4) is 45.3 Å². The topological polar surface area (TPSA) is 38.7 Å². The van der Waals surface area contributed by atoms with Gasteiger partial charge in [0.15, 0.2) is 17.5 Å². The predicted octanol–water partition coefficient (Wildman–Crippen LogP) is 12.3. The van der Waals surface area contributed by atoms with Gasteiger partial charge in [-0.1, -0.05) is 158 Å². The highest BCUT2D eigenvalue weighted by Crippen LogP contribution is 2.40. The van der Waals surface area contributed by atoms with Gasteiger partial charge in [0.05, 0.1) is 0 Å². The molecule has 0 fully saturated rings. The molecule has 0 bridgehead atoms. The van der Waals surface area contributed by atoms with E-state index in [9.17, 15) is 0 Å². The van der Waals surface area contributed by atoms with Crippen LogP contribution in [0.25, 0.3) is 99.2 Å². The van der Waals surface area contributed by atoms with Crippen molar-refractivity contribution in [3.63, 3.8) is 0 Å². The molecule has 0 radical (unpaired) electrons. The first kappa shape index (κ1) is 28.3. The van der Waals surface area contributed by atoms with E-state index in [1.807, 2.05) is 60.7 Å². The summed E-state index contributed by atoms with van der Waals surface area (Å²) in [5.41, 5.74) is 5.25. The average Bonchev–Trinajstić information content (AvgIpc) is 3.20. The quantitative estimate of drug-likeness (QED) is 0.181. The van der Waals surface area contributed by atoms with Crippen LogP contribution in [0, 0.1) is 0 Å². The summed E-state index contributed by atoms with van der Waals surface area (Å²) in [6.07, 6.45) is 0. The molecule has 0 unspecified atom stereocenters. The van der Waals surface area contributed by atoms with Crippen molar-refractivity contribution in [1.29, 1.82) is 0 Å². The molecule has 3 nitrogen and oxygen atoms in total. The van der Waals surface area contributed by atoms with E-state index in [1.54, 1.807) is 0 Å². The molecule has 0 saturated heterocycles. The van der Waals surface area contributed by atoms with Gasteiger partial charge < -0.3 is 0 Å². The minimum atomic E-state index is 0.656. The van der Waals surface area contributed by atoms with E-state index in [1.165, 1.54) is 54.2 Å². The van der Waals surface area contributed by atoms with Gasteiger partial charge in [-0.25, -0.2) is 15.0 Å². The molecule has 0 aliphatic heterocycles. The highest BCUT2D eigenvalue weighted by molar-refractivity contribution is 6.25. The van der Waals surface area contributed by atoms with Gasteiger partial charge in [-0.15, -0.1) is 0 Å². The van der Waals surface area contributed by atoms with Crippen LogP contribution in [0.1, 0.15) is 0 Å². The van der Waals surface area contributed by atoms with Crippen molar-refractivity contribution in [2.75, 3.05) is 0 Å². The molecule has 10 rings (SSSR count). The molecule has 1 aromatic heterocycles. The Morgan fingerprint density at radius 3 is 1.20 bits per heavy atom. The number of fused-ring (bicyclic) bond motifs is 9. The number of hydrogen-bond acceptors (Lipinski definition) is 3. The van der Waals surface area contributed by atoms with Crippen molar-refractivity contribution >= 4 is 53.9 Å². The molecule has 232 valence electrons. The molecule has 0 amide bonds. The second kappa shape index (κ2) is 11.5. The van der Waals surface area contributed by atoms with Gasteiger partial charge in [0.2, 0.25) is 0 Å². The minimum absolute atomic E-state index is 0.656. The van der Waals surface area contributed by atoms with E-state index in [2.05, 4.69) is 115 Å². The van der Waals surface area contributed by atoms with Gasteiger partial charge >= 0.3 is 0 Å². The lowest BCUT2D eigenvalue weighted by Crippen LogP contribution is -2.00. The van der Waals surface area contributed by atoms with Crippen molar-refractivity contribution in [3.05, 3.63) is 176 Å². The molecule has 0 aliphatic carbocycles. The Bertz CT molecular complexity index is 2820. The van der Waals surface area contributed by atoms with E-state index in [-0.39, 0.29) is 0 Å². The Kier molecular flexibility index (Phi) is 6.49. The van der Waals surface area contributed by atoms with Gasteiger partial charge in [0.1, 0.15) is 0 Å². The van der Waals surface area contributed by atoms with E-state index in [0.717, 1.165) is 27.5 Å². The standard InChI is InChI=1S/C47H29N3/c1-3-13-30(14-4-1)45-48-46(31-15-5-2-6-16-31)50-47(49-45)44-29-34-27-32(23-25-35(34)36-17-7-12-22-41(36)44)33-24-26-42-39-20-9-8-18-37(39)38-19-10-11-21-40(38)43(42)28-33/h1-29H. The van der Waals surface area contributed by atoms with Crippen LogP contribution in [0.5, 0.6) is 0 Å². The molecular formula is C47H29N3. The maximum absolute atomic E-state index is 5.10. The molecule has 3 heteroatoms. The predicted molar refractivity (Wildman–Crippen MR) is 209 cm³/mol. The number of nitrogens with zero attached hydrogens (tertiary/aromatic N) is 3. The first-order valence-corrected chi connectivity index (χ1v) is 16.9. The van der Waals surface area contributed by atoms with Crippen LogP contribution in [0.2, 0.25) is 0 Å². The fraction of sp³-hybridized carbons (Fsp3) is 0. The SMILES string of the molecule is c1ccc(-c2nc(-c3ccccc3)nc(-c3cc4cc(-c5ccc6c7ccccc7c7ccccc7c6c5)ccc4c4ccccc34)n2)cc1. The van der Waals surface area contributed by atoms with E-state index in [0.29, 0.717) is 17.5 Å². The summed E-state index contributed by atoms with van der Waals surface area (Å²) in [5.74, 6) is 1.97. The Balaban J connectivity index is 1.19. The maximum Gasteiger partial charge on any atom is 0.164 e. The van der Waals surface area contributed by atoms with Gasteiger partial charge in [-0.3, -0.25) is 0 Å². The van der Waals surface area contributed by atoms with E-state index < -0.39 is 0 Å². The van der Waals surface area contributed by atoms with Gasteiger partial charge in [0, 0.05) is 16.7 Å². The maximum atomic E-state index is 5.10. The number of rotatable bonds is 4. The largest absolute Gasteiger partial charge is 0.208 e. The number of benzene rings is 9. The van der Waals surface area contributed by atoms with Crippen LogP contribution in [0.4, 0.5) is 0 Å². The second-order valence-corrected chi connectivity index (χ2v) is 12.8. The monoisotopic (exact) mass is 635 g/mol. The Labute approximate surface area is 289 Å². The summed E-state index contributed by atoms with van der Waals surface area (Å²) in [5, 5.41) is 12.3. The third kappa shape index (κ3) is 4.63. The first-order valence-electron chi connectivity index (χ1n) is 16.9. The lowest BCUT2D eigenvalue weighted by atomic mass is 9.91. The second-order valence-electron chi connectivity index (χ2n) is 12.8. The minimum Gasteiger partial charge on any atom is -0.208 e. The van der Waals surface area contributed by atoms with E-state index >= 15 is 0 Å². The van der Waals surface area contributed by atoms with Gasteiger partial charge in [0.25, 0.3) is 0 Å². The van der Waals surface area contributed by atoms with Crippen LogP contribution in [-0.4, -0.2) is 15.0 Å². The molecule has 1 heterocycles. The third-order valence-corrected chi connectivity index (χ3v) is 9.88. The highest BCUT2D eigenvalue weighted by atomic mass is 15.0. The molecular weight excluding hydrogens is 607 g/mol. The van der Waals surface area contributed by atoms with Crippen LogP contribution >= 0.6 is 0 Å². The fourth-order valence-corrected chi connectivity index (χ4v) is 7.49. The fourth-order valence-electron chi connectivity index (χ4n) is 7.49. The Morgan fingerprint density at radius 2 is 0.640 bits per heavy atom. The molecule has 0 aliphatic rings. The molecule has 0 N–H and O–H groups in total. The van der Waals surface area contributed by atoms with Gasteiger partial charge in [-0.05, 0) is 83.2 Å². The van der Waals surface area contributed by atoms with Crippen LogP contribution in [0.3, 0.4) is 0 Å². The van der Waals surface area contributed by atoms with E-state index in [4.69, 9.17) is 15.0 Å². The molecule has 0 spiro atoms. The van der Waals surface area contributed by atoms with Crippen molar-refractivity contribution in [2.45, 2.75) is 0 Å². The van der Waals surface area contributed by atoms with Gasteiger partial charge in [-0.2, -0.15) is 0 Å². The van der Waals surface area contributed by atoms with Crippen LogP contribution < -0.4 is 0 Å². The zero-order valence-corrected chi connectivity index (χ0v) is 27.1. The molecule has 9 aromatic carbocycles. The summed E-state index contributed by atoms with van der Waals surface area (Å²) in [7, 11) is 0. The zero-order chi connectivity index (χ0) is 33.0. The normalized spacial score (nSPS) is 11.6. The zero-order valence-electron chi connectivity index (χ0n) is 27.1. The Morgan fingerprint density at radius 1 is 0.240 bits per heavy atom. The summed E-state index contributed by atoms with van der Waals surface area (Å²) in [6.45, 7) is 0. The van der Waals surface area contributed by atoms with Crippen LogP contribution in [-0.2, 0) is 0 Å². The molecule has 10 aromatic rings. The first-order chi connectivity index (χ1) is 24.8. The van der Waals surface area contributed by atoms with Crippen LogP contribution in [0.15, 0.2) is 176 Å². The summed E-state index contributed by atoms with van der Waals surface area (Å²) in [6, 6.07) is 62.3.